The van der Waals surface area contributed by atoms with E-state index in [0.717, 1.165) is 0 Å². The lowest BCUT2D eigenvalue weighted by atomic mass is 10.2. The summed E-state index contributed by atoms with van der Waals surface area (Å²) in [6, 6.07) is 0. The standard InChI is InChI=1S/C8H12N2O3/c1-3-13-8(12)7(11)6-4-9-10(2)5-6/h4-5,7,11H,3H2,1-2H3. The van der Waals surface area contributed by atoms with E-state index >= 15 is 0 Å². The third-order valence-electron chi connectivity index (χ3n) is 1.55. The van der Waals surface area contributed by atoms with Gasteiger partial charge in [0.05, 0.1) is 12.8 Å². The van der Waals surface area contributed by atoms with E-state index < -0.39 is 12.1 Å². The number of rotatable bonds is 3. The number of aliphatic hydroxyl groups excluding tert-OH is 1. The maximum Gasteiger partial charge on any atom is 0.339 e. The Morgan fingerprint density at radius 3 is 3.00 bits per heavy atom. The summed E-state index contributed by atoms with van der Waals surface area (Å²) >= 11 is 0. The van der Waals surface area contributed by atoms with Crippen molar-refractivity contribution in [2.45, 2.75) is 13.0 Å². The van der Waals surface area contributed by atoms with Crippen LogP contribution in [0.25, 0.3) is 0 Å². The normalized spacial score (nSPS) is 12.5. The first-order valence-corrected chi connectivity index (χ1v) is 3.98. The van der Waals surface area contributed by atoms with Crippen molar-refractivity contribution >= 4 is 5.97 Å². The summed E-state index contributed by atoms with van der Waals surface area (Å²) < 4.78 is 6.15. The summed E-state index contributed by atoms with van der Waals surface area (Å²) in [6.07, 6.45) is 1.78. The largest absolute Gasteiger partial charge is 0.464 e. The molecule has 0 fully saturated rings. The molecule has 1 unspecified atom stereocenters. The number of hydrogen-bond acceptors (Lipinski definition) is 4. The SMILES string of the molecule is CCOC(=O)C(O)c1cnn(C)c1. The Labute approximate surface area is 75.9 Å². The highest BCUT2D eigenvalue weighted by atomic mass is 16.5. The van der Waals surface area contributed by atoms with Crippen LogP contribution in [0.15, 0.2) is 12.4 Å². The van der Waals surface area contributed by atoms with E-state index in [4.69, 9.17) is 0 Å². The van der Waals surface area contributed by atoms with E-state index in [1.165, 1.54) is 10.9 Å². The quantitative estimate of drug-likeness (QED) is 0.672. The van der Waals surface area contributed by atoms with Crippen molar-refractivity contribution in [3.63, 3.8) is 0 Å². The Bertz CT molecular complexity index is 295. The van der Waals surface area contributed by atoms with Crippen LogP contribution in [0.1, 0.15) is 18.6 Å². The number of aryl methyl sites for hydroxylation is 1. The second-order valence-electron chi connectivity index (χ2n) is 2.60. The summed E-state index contributed by atoms with van der Waals surface area (Å²) in [5.74, 6) is -0.643. The fourth-order valence-electron chi connectivity index (χ4n) is 0.939. The molecule has 1 heterocycles. The third kappa shape index (κ3) is 2.29. The van der Waals surface area contributed by atoms with Crippen molar-refractivity contribution in [1.82, 2.24) is 9.78 Å². The Hall–Kier alpha value is -1.36. The van der Waals surface area contributed by atoms with Crippen molar-refractivity contribution in [2.24, 2.45) is 7.05 Å². The van der Waals surface area contributed by atoms with Crippen LogP contribution in [0.4, 0.5) is 0 Å². The van der Waals surface area contributed by atoms with Crippen LogP contribution in [0.3, 0.4) is 0 Å². The average molecular weight is 184 g/mol. The average Bonchev–Trinajstić information content (AvgIpc) is 2.51. The minimum Gasteiger partial charge on any atom is -0.464 e. The number of carbonyl (C=O) groups is 1. The molecule has 72 valence electrons. The molecule has 0 spiro atoms. The molecule has 1 N–H and O–H groups in total. The second kappa shape index (κ2) is 4.04. The molecule has 1 aromatic rings. The Morgan fingerprint density at radius 2 is 2.54 bits per heavy atom. The Morgan fingerprint density at radius 1 is 1.85 bits per heavy atom. The van der Waals surface area contributed by atoms with Gasteiger partial charge >= 0.3 is 5.97 Å². The van der Waals surface area contributed by atoms with Crippen LogP contribution in [-0.4, -0.2) is 27.5 Å². The highest BCUT2D eigenvalue weighted by molar-refractivity contribution is 5.75. The molecule has 0 bridgehead atoms. The maximum atomic E-state index is 11.0. The molecular weight excluding hydrogens is 172 g/mol. The summed E-state index contributed by atoms with van der Waals surface area (Å²) in [4.78, 5) is 11.0. The molecule has 0 aliphatic rings. The van der Waals surface area contributed by atoms with E-state index in [9.17, 15) is 9.90 Å². The van der Waals surface area contributed by atoms with E-state index in [2.05, 4.69) is 9.84 Å². The fraction of sp³-hybridized carbons (Fsp3) is 0.500. The lowest BCUT2D eigenvalue weighted by molar-refractivity contribution is -0.153. The molecule has 0 aliphatic heterocycles. The maximum absolute atomic E-state index is 11.0. The van der Waals surface area contributed by atoms with E-state index in [1.807, 2.05) is 0 Å². The molecule has 1 atom stereocenters. The summed E-state index contributed by atoms with van der Waals surface area (Å²) in [7, 11) is 1.71. The molecule has 0 radical (unpaired) electrons. The predicted octanol–water partition coefficient (Wildman–Crippen LogP) is 0.0166. The molecule has 13 heavy (non-hydrogen) atoms. The highest BCUT2D eigenvalue weighted by Gasteiger charge is 2.19. The fourth-order valence-corrected chi connectivity index (χ4v) is 0.939. The smallest absolute Gasteiger partial charge is 0.339 e. The number of ether oxygens (including phenoxy) is 1. The van der Waals surface area contributed by atoms with Crippen molar-refractivity contribution in [1.29, 1.82) is 0 Å². The van der Waals surface area contributed by atoms with Gasteiger partial charge in [-0.3, -0.25) is 4.68 Å². The zero-order chi connectivity index (χ0) is 9.84. The lowest BCUT2D eigenvalue weighted by Gasteiger charge is -2.06. The van der Waals surface area contributed by atoms with Crippen molar-refractivity contribution in [3.05, 3.63) is 18.0 Å². The van der Waals surface area contributed by atoms with Crippen LogP contribution >= 0.6 is 0 Å². The van der Waals surface area contributed by atoms with Crippen molar-refractivity contribution < 1.29 is 14.6 Å². The van der Waals surface area contributed by atoms with Gasteiger partial charge < -0.3 is 9.84 Å². The van der Waals surface area contributed by atoms with Crippen LogP contribution in [0.5, 0.6) is 0 Å². The molecule has 0 aromatic carbocycles. The van der Waals surface area contributed by atoms with Gasteiger partial charge in [-0.25, -0.2) is 4.79 Å². The second-order valence-corrected chi connectivity index (χ2v) is 2.60. The van der Waals surface area contributed by atoms with Gasteiger partial charge in [-0.2, -0.15) is 5.10 Å². The van der Waals surface area contributed by atoms with Crippen LogP contribution in [0.2, 0.25) is 0 Å². The van der Waals surface area contributed by atoms with Crippen LogP contribution in [-0.2, 0) is 16.6 Å². The number of hydrogen-bond donors (Lipinski definition) is 1. The monoisotopic (exact) mass is 184 g/mol. The van der Waals surface area contributed by atoms with Crippen LogP contribution < -0.4 is 0 Å². The van der Waals surface area contributed by atoms with Gasteiger partial charge in [0.2, 0.25) is 0 Å². The predicted molar refractivity (Wildman–Crippen MR) is 44.8 cm³/mol. The van der Waals surface area contributed by atoms with Crippen molar-refractivity contribution in [3.8, 4) is 0 Å². The third-order valence-corrected chi connectivity index (χ3v) is 1.55. The molecule has 0 amide bonds. The number of carbonyl (C=O) groups excluding carboxylic acids is 1. The van der Waals surface area contributed by atoms with Gasteiger partial charge in [-0.05, 0) is 6.92 Å². The van der Waals surface area contributed by atoms with E-state index in [1.54, 1.807) is 20.2 Å². The molecule has 1 rings (SSSR count). The molecule has 0 saturated carbocycles. The Kier molecular flexibility index (Phi) is 3.02. The minimum atomic E-state index is -1.23. The first-order valence-electron chi connectivity index (χ1n) is 3.98. The molecule has 5 heteroatoms. The molecular formula is C8H12N2O3. The first kappa shape index (κ1) is 9.73. The van der Waals surface area contributed by atoms with Gasteiger partial charge in [-0.15, -0.1) is 0 Å². The van der Waals surface area contributed by atoms with Gasteiger partial charge in [0.15, 0.2) is 6.10 Å². The van der Waals surface area contributed by atoms with E-state index in [-0.39, 0.29) is 6.61 Å². The minimum absolute atomic E-state index is 0.260. The van der Waals surface area contributed by atoms with Gasteiger partial charge in [-0.1, -0.05) is 0 Å². The molecule has 0 saturated heterocycles. The highest BCUT2D eigenvalue weighted by Crippen LogP contribution is 2.12. The van der Waals surface area contributed by atoms with Gasteiger partial charge in [0, 0.05) is 18.8 Å². The summed E-state index contributed by atoms with van der Waals surface area (Å²) in [5, 5.41) is 13.2. The summed E-state index contributed by atoms with van der Waals surface area (Å²) in [5.41, 5.74) is 0.445. The molecule has 5 nitrogen and oxygen atoms in total. The number of nitrogens with zero attached hydrogens (tertiary/aromatic N) is 2. The van der Waals surface area contributed by atoms with Gasteiger partial charge in [0.25, 0.3) is 0 Å². The molecule has 1 aromatic heterocycles. The van der Waals surface area contributed by atoms with Gasteiger partial charge in [0.1, 0.15) is 0 Å². The lowest BCUT2D eigenvalue weighted by Crippen LogP contribution is -2.14. The van der Waals surface area contributed by atoms with Crippen LogP contribution in [0, 0.1) is 0 Å². The Balaban J connectivity index is 2.67. The zero-order valence-corrected chi connectivity index (χ0v) is 7.60. The number of esters is 1. The van der Waals surface area contributed by atoms with E-state index in [0.29, 0.717) is 5.56 Å². The summed E-state index contributed by atoms with van der Waals surface area (Å²) in [6.45, 7) is 1.95. The number of aromatic nitrogens is 2. The zero-order valence-electron chi connectivity index (χ0n) is 7.60. The number of aliphatic hydroxyl groups is 1. The first-order chi connectivity index (χ1) is 6.15. The van der Waals surface area contributed by atoms with Crippen molar-refractivity contribution in [2.75, 3.05) is 6.61 Å². The molecule has 0 aliphatic carbocycles. The topological polar surface area (TPSA) is 64.3 Å².